The van der Waals surface area contributed by atoms with Crippen LogP contribution in [0.15, 0.2) is 12.2 Å². The Labute approximate surface area is 152 Å². The molecule has 0 aliphatic heterocycles. The number of carbonyl (C=O) groups is 2. The van der Waals surface area contributed by atoms with Crippen molar-refractivity contribution in [1.29, 1.82) is 0 Å². The van der Waals surface area contributed by atoms with Crippen LogP contribution < -0.4 is 0 Å². The third-order valence-corrected chi connectivity index (χ3v) is 4.26. The van der Waals surface area contributed by atoms with E-state index in [1.165, 1.54) is 7.11 Å². The molecule has 0 fully saturated rings. The van der Waals surface area contributed by atoms with Crippen LogP contribution in [0.3, 0.4) is 0 Å². The molecule has 0 rings (SSSR count). The van der Waals surface area contributed by atoms with Gasteiger partial charge in [-0.15, -0.1) is 0 Å². The summed E-state index contributed by atoms with van der Waals surface area (Å²) in [6.07, 6.45) is 11.7. The molecule has 0 aromatic rings. The number of carbonyl (C=O) groups excluding carboxylic acids is 2. The summed E-state index contributed by atoms with van der Waals surface area (Å²) in [5.74, 6) is -0.0670. The first-order valence-electron chi connectivity index (χ1n) is 9.53. The van der Waals surface area contributed by atoms with Crippen LogP contribution in [-0.4, -0.2) is 43.3 Å². The van der Waals surface area contributed by atoms with Crippen molar-refractivity contribution < 1.29 is 24.2 Å². The Bertz CT molecular complexity index is 378. The van der Waals surface area contributed by atoms with E-state index in [9.17, 15) is 14.7 Å². The minimum Gasteiger partial charge on any atom is -0.469 e. The Morgan fingerprint density at radius 2 is 1.60 bits per heavy atom. The molecule has 0 saturated carbocycles. The molecule has 5 heteroatoms. The van der Waals surface area contributed by atoms with Gasteiger partial charge in [0.1, 0.15) is 6.10 Å². The predicted octanol–water partition coefficient (Wildman–Crippen LogP) is 3.97. The first kappa shape index (κ1) is 23.8. The summed E-state index contributed by atoms with van der Waals surface area (Å²) in [7, 11) is 2.95. The summed E-state index contributed by atoms with van der Waals surface area (Å²) in [4.78, 5) is 22.7. The zero-order chi connectivity index (χ0) is 18.9. The Kier molecular flexibility index (Phi) is 15.5. The zero-order valence-corrected chi connectivity index (χ0v) is 16.2. The largest absolute Gasteiger partial charge is 0.469 e. The Morgan fingerprint density at radius 1 is 0.960 bits per heavy atom. The number of rotatable bonds is 16. The van der Waals surface area contributed by atoms with Crippen LogP contribution in [0.4, 0.5) is 0 Å². The molecule has 0 aliphatic rings. The molecule has 146 valence electrons. The molecule has 1 N–H and O–H groups in total. The highest BCUT2D eigenvalue weighted by atomic mass is 16.5. The molecule has 0 amide bonds. The third-order valence-electron chi connectivity index (χ3n) is 4.26. The van der Waals surface area contributed by atoms with Crippen LogP contribution in [0.25, 0.3) is 0 Å². The second-order valence-corrected chi connectivity index (χ2v) is 6.43. The Balaban J connectivity index is 3.87. The fraction of sp³-hybridized carbons (Fsp3) is 0.800. The highest BCUT2D eigenvalue weighted by Crippen LogP contribution is 2.13. The minimum absolute atomic E-state index is 0.0910. The highest BCUT2D eigenvalue weighted by molar-refractivity contribution is 5.89. The van der Waals surface area contributed by atoms with Gasteiger partial charge in [-0.1, -0.05) is 45.4 Å². The fourth-order valence-electron chi connectivity index (χ4n) is 2.62. The van der Waals surface area contributed by atoms with Crippen molar-refractivity contribution in [2.24, 2.45) is 0 Å². The third kappa shape index (κ3) is 13.7. The molecule has 0 bridgehead atoms. The smallest absolute Gasteiger partial charge is 0.305 e. The molecule has 0 aromatic heterocycles. The van der Waals surface area contributed by atoms with Gasteiger partial charge < -0.3 is 14.6 Å². The summed E-state index contributed by atoms with van der Waals surface area (Å²) in [6, 6.07) is 0. The lowest BCUT2D eigenvalue weighted by atomic mass is 10.0. The lowest BCUT2D eigenvalue weighted by molar-refractivity contribution is -0.140. The van der Waals surface area contributed by atoms with Crippen LogP contribution in [0.2, 0.25) is 0 Å². The summed E-state index contributed by atoms with van der Waals surface area (Å²) < 4.78 is 9.88. The van der Waals surface area contributed by atoms with E-state index in [2.05, 4.69) is 11.7 Å². The van der Waals surface area contributed by atoms with Gasteiger partial charge in [0.2, 0.25) is 0 Å². The van der Waals surface area contributed by atoms with Crippen LogP contribution in [0.1, 0.15) is 77.6 Å². The number of hydrogen-bond acceptors (Lipinski definition) is 5. The summed E-state index contributed by atoms with van der Waals surface area (Å²) in [5.41, 5.74) is 0. The van der Waals surface area contributed by atoms with Crippen LogP contribution >= 0.6 is 0 Å². The van der Waals surface area contributed by atoms with Crippen molar-refractivity contribution in [1.82, 2.24) is 0 Å². The zero-order valence-electron chi connectivity index (χ0n) is 16.2. The monoisotopic (exact) mass is 356 g/mol. The van der Waals surface area contributed by atoms with E-state index in [-0.39, 0.29) is 11.8 Å². The van der Waals surface area contributed by atoms with Crippen molar-refractivity contribution in [3.63, 3.8) is 0 Å². The number of aliphatic hydroxyl groups is 1. The molecular formula is C20H36O5. The number of allylic oxidation sites excluding steroid dienone is 1. The van der Waals surface area contributed by atoms with Gasteiger partial charge in [0, 0.05) is 20.0 Å². The second kappa shape index (κ2) is 16.3. The first-order chi connectivity index (χ1) is 12.0. The number of aliphatic hydroxyl groups excluding tert-OH is 1. The van der Waals surface area contributed by atoms with E-state index < -0.39 is 12.2 Å². The average Bonchev–Trinajstić information content (AvgIpc) is 2.61. The molecular weight excluding hydrogens is 320 g/mol. The molecule has 0 radical (unpaired) electrons. The molecule has 2 atom stereocenters. The predicted molar refractivity (Wildman–Crippen MR) is 99.4 cm³/mol. The summed E-state index contributed by atoms with van der Waals surface area (Å²) >= 11 is 0. The lowest BCUT2D eigenvalue weighted by Gasteiger charge is -2.18. The Hall–Kier alpha value is -1.20. The van der Waals surface area contributed by atoms with Crippen molar-refractivity contribution in [2.75, 3.05) is 14.2 Å². The first-order valence-corrected chi connectivity index (χ1v) is 9.53. The quantitative estimate of drug-likeness (QED) is 0.257. The number of hydrogen-bond donors (Lipinski definition) is 1. The van der Waals surface area contributed by atoms with Gasteiger partial charge in [-0.3, -0.25) is 9.59 Å². The Morgan fingerprint density at radius 3 is 2.24 bits per heavy atom. The molecule has 0 aromatic carbocycles. The normalized spacial score (nSPS) is 13.8. The van der Waals surface area contributed by atoms with E-state index in [1.54, 1.807) is 19.3 Å². The average molecular weight is 357 g/mol. The fourth-order valence-corrected chi connectivity index (χ4v) is 2.62. The summed E-state index contributed by atoms with van der Waals surface area (Å²) in [5, 5.41) is 10.2. The van der Waals surface area contributed by atoms with E-state index in [4.69, 9.17) is 4.74 Å². The molecule has 0 heterocycles. The maximum Gasteiger partial charge on any atom is 0.305 e. The van der Waals surface area contributed by atoms with E-state index in [0.717, 1.165) is 51.4 Å². The molecule has 25 heavy (non-hydrogen) atoms. The van der Waals surface area contributed by atoms with Gasteiger partial charge in [0.05, 0.1) is 13.2 Å². The number of ether oxygens (including phenoxy) is 2. The van der Waals surface area contributed by atoms with E-state index >= 15 is 0 Å². The van der Waals surface area contributed by atoms with Crippen LogP contribution in [0, 0.1) is 0 Å². The SMILES string of the molecule is CCCCCC(=O)C=CC(OC)C(O)CCCCCCCC(=O)OC. The topological polar surface area (TPSA) is 72.8 Å². The number of ketones is 1. The number of unbranched alkanes of at least 4 members (excludes halogenated alkanes) is 6. The van der Waals surface area contributed by atoms with Gasteiger partial charge >= 0.3 is 5.97 Å². The minimum atomic E-state index is -0.597. The van der Waals surface area contributed by atoms with Crippen LogP contribution in [0.5, 0.6) is 0 Å². The van der Waals surface area contributed by atoms with Crippen LogP contribution in [-0.2, 0) is 19.1 Å². The van der Waals surface area contributed by atoms with Gasteiger partial charge in [0.15, 0.2) is 5.78 Å². The van der Waals surface area contributed by atoms with E-state index in [0.29, 0.717) is 19.3 Å². The number of esters is 1. The maximum atomic E-state index is 11.7. The highest BCUT2D eigenvalue weighted by Gasteiger charge is 2.15. The van der Waals surface area contributed by atoms with Gasteiger partial charge in [-0.05, 0) is 31.4 Å². The standard InChI is InChI=1S/C20H36O5/c1-4-5-9-12-17(21)15-16-19(24-2)18(22)13-10-7-6-8-11-14-20(23)25-3/h15-16,18-19,22H,4-14H2,1-3H3. The van der Waals surface area contributed by atoms with Gasteiger partial charge in [-0.2, -0.15) is 0 Å². The van der Waals surface area contributed by atoms with Gasteiger partial charge in [-0.25, -0.2) is 0 Å². The van der Waals surface area contributed by atoms with E-state index in [1.807, 2.05) is 0 Å². The summed E-state index contributed by atoms with van der Waals surface area (Å²) in [6.45, 7) is 2.11. The molecule has 0 spiro atoms. The maximum absolute atomic E-state index is 11.7. The lowest BCUT2D eigenvalue weighted by Crippen LogP contribution is -2.26. The molecule has 5 nitrogen and oxygen atoms in total. The van der Waals surface area contributed by atoms with Crippen molar-refractivity contribution in [3.8, 4) is 0 Å². The van der Waals surface area contributed by atoms with Gasteiger partial charge in [0.25, 0.3) is 0 Å². The molecule has 2 unspecified atom stereocenters. The molecule has 0 saturated heterocycles. The second-order valence-electron chi connectivity index (χ2n) is 6.43. The van der Waals surface area contributed by atoms with Crippen molar-refractivity contribution in [3.05, 3.63) is 12.2 Å². The van der Waals surface area contributed by atoms with Crippen molar-refractivity contribution in [2.45, 2.75) is 89.8 Å². The number of methoxy groups -OCH3 is 2. The molecule has 0 aliphatic carbocycles. The van der Waals surface area contributed by atoms with Crippen molar-refractivity contribution >= 4 is 11.8 Å².